The van der Waals surface area contributed by atoms with Crippen LogP contribution in [0.25, 0.3) is 0 Å². The molecule has 1 N–H and O–H groups in total. The Hall–Kier alpha value is -0.300. The van der Waals surface area contributed by atoms with Gasteiger partial charge in [0, 0.05) is 0 Å². The summed E-state index contributed by atoms with van der Waals surface area (Å²) >= 11 is 0. The molecule has 90 valence electrons. The largest absolute Gasteiger partial charge is 0.389 e. The molecule has 0 radical (unpaired) electrons. The van der Waals surface area contributed by atoms with Crippen LogP contribution in [0, 0.1) is 5.92 Å². The summed E-state index contributed by atoms with van der Waals surface area (Å²) in [6.07, 6.45) is 11.9. The number of aliphatic hydroxyl groups is 1. The molecule has 0 amide bonds. The highest BCUT2D eigenvalue weighted by molar-refractivity contribution is 4.81. The van der Waals surface area contributed by atoms with Crippen molar-refractivity contribution in [3.05, 3.63) is 12.7 Å². The van der Waals surface area contributed by atoms with E-state index >= 15 is 0 Å². The Bertz CT molecular complexity index is 142. The fraction of sp³-hybridized carbons (Fsp3) is 0.857. The van der Waals surface area contributed by atoms with Gasteiger partial charge in [0.2, 0.25) is 0 Å². The van der Waals surface area contributed by atoms with Crippen molar-refractivity contribution >= 4 is 0 Å². The monoisotopic (exact) mass is 212 g/mol. The average Bonchev–Trinajstić information content (AvgIpc) is 2.26. The molecule has 0 aliphatic rings. The maximum atomic E-state index is 9.48. The summed E-state index contributed by atoms with van der Waals surface area (Å²) in [6.45, 7) is 7.96. The molecule has 0 saturated heterocycles. The van der Waals surface area contributed by atoms with Gasteiger partial charge in [-0.2, -0.15) is 0 Å². The number of aliphatic hydroxyl groups excluding tert-OH is 1. The van der Waals surface area contributed by atoms with E-state index < -0.39 is 0 Å². The number of hydrogen-bond acceptors (Lipinski definition) is 1. The summed E-state index contributed by atoms with van der Waals surface area (Å²) in [5, 5.41) is 9.48. The lowest BCUT2D eigenvalue weighted by molar-refractivity contribution is 0.155. The molecule has 1 nitrogen and oxygen atoms in total. The van der Waals surface area contributed by atoms with E-state index in [1.54, 1.807) is 6.08 Å². The van der Waals surface area contributed by atoms with E-state index in [1.165, 1.54) is 44.9 Å². The van der Waals surface area contributed by atoms with E-state index in [1.807, 2.05) is 0 Å². The van der Waals surface area contributed by atoms with Gasteiger partial charge in [0.05, 0.1) is 6.10 Å². The summed E-state index contributed by atoms with van der Waals surface area (Å²) in [6, 6.07) is 0. The maximum absolute atomic E-state index is 9.48. The van der Waals surface area contributed by atoms with Gasteiger partial charge in [0.25, 0.3) is 0 Å². The first-order chi connectivity index (χ1) is 7.22. The predicted octanol–water partition coefficient (Wildman–Crippen LogP) is 4.31. The number of rotatable bonds is 10. The van der Waals surface area contributed by atoms with Gasteiger partial charge in [-0.15, -0.1) is 6.58 Å². The van der Waals surface area contributed by atoms with Crippen molar-refractivity contribution in [2.75, 3.05) is 0 Å². The van der Waals surface area contributed by atoms with Crippen LogP contribution in [0.3, 0.4) is 0 Å². The Kier molecular flexibility index (Phi) is 10.0. The van der Waals surface area contributed by atoms with Crippen molar-refractivity contribution in [3.63, 3.8) is 0 Å². The van der Waals surface area contributed by atoms with E-state index in [2.05, 4.69) is 20.4 Å². The molecular formula is C14H28O. The molecule has 2 unspecified atom stereocenters. The lowest BCUT2D eigenvalue weighted by atomic mass is 9.97. The third-order valence-electron chi connectivity index (χ3n) is 3.09. The molecule has 0 rings (SSSR count). The van der Waals surface area contributed by atoms with Crippen LogP contribution < -0.4 is 0 Å². The van der Waals surface area contributed by atoms with Crippen molar-refractivity contribution in [2.24, 2.45) is 5.92 Å². The maximum Gasteiger partial charge on any atom is 0.0743 e. The highest BCUT2D eigenvalue weighted by atomic mass is 16.3. The first kappa shape index (κ1) is 14.7. The first-order valence-corrected chi connectivity index (χ1v) is 6.53. The van der Waals surface area contributed by atoms with Gasteiger partial charge in [-0.3, -0.25) is 0 Å². The van der Waals surface area contributed by atoms with Gasteiger partial charge < -0.3 is 5.11 Å². The van der Waals surface area contributed by atoms with Crippen LogP contribution in [0.5, 0.6) is 0 Å². The van der Waals surface area contributed by atoms with E-state index in [-0.39, 0.29) is 6.10 Å². The minimum atomic E-state index is -0.315. The fourth-order valence-corrected chi connectivity index (χ4v) is 1.83. The van der Waals surface area contributed by atoms with Crippen LogP contribution in [-0.2, 0) is 0 Å². The molecule has 1 heteroatoms. The van der Waals surface area contributed by atoms with E-state index in [4.69, 9.17) is 0 Å². The molecular weight excluding hydrogens is 184 g/mol. The third-order valence-corrected chi connectivity index (χ3v) is 3.09. The highest BCUT2D eigenvalue weighted by Gasteiger charge is 2.09. The van der Waals surface area contributed by atoms with Gasteiger partial charge in [0.1, 0.15) is 0 Å². The van der Waals surface area contributed by atoms with Gasteiger partial charge in [-0.25, -0.2) is 0 Å². The van der Waals surface area contributed by atoms with Crippen molar-refractivity contribution in [1.82, 2.24) is 0 Å². The minimum Gasteiger partial charge on any atom is -0.389 e. The van der Waals surface area contributed by atoms with Crippen LogP contribution in [0.4, 0.5) is 0 Å². The second kappa shape index (κ2) is 10.2. The minimum absolute atomic E-state index is 0.315. The zero-order valence-electron chi connectivity index (χ0n) is 10.5. The second-order valence-electron chi connectivity index (χ2n) is 4.61. The lowest BCUT2D eigenvalue weighted by Gasteiger charge is -2.14. The topological polar surface area (TPSA) is 20.2 Å². The van der Waals surface area contributed by atoms with Crippen molar-refractivity contribution in [3.8, 4) is 0 Å². The molecule has 0 aliphatic heterocycles. The van der Waals surface area contributed by atoms with Gasteiger partial charge in [-0.1, -0.05) is 64.9 Å². The van der Waals surface area contributed by atoms with E-state index in [0.29, 0.717) is 5.92 Å². The number of unbranched alkanes of at least 4 members (excludes halogenated alkanes) is 6. The summed E-state index contributed by atoms with van der Waals surface area (Å²) in [7, 11) is 0. The second-order valence-corrected chi connectivity index (χ2v) is 4.61. The summed E-state index contributed by atoms with van der Waals surface area (Å²) < 4.78 is 0. The summed E-state index contributed by atoms with van der Waals surface area (Å²) in [4.78, 5) is 0. The van der Waals surface area contributed by atoms with Gasteiger partial charge in [-0.05, 0) is 12.3 Å². The Labute approximate surface area is 95.6 Å². The van der Waals surface area contributed by atoms with Crippen LogP contribution in [0.1, 0.15) is 65.2 Å². The smallest absolute Gasteiger partial charge is 0.0743 e. The molecule has 0 saturated carbocycles. The molecule has 0 bridgehead atoms. The fourth-order valence-electron chi connectivity index (χ4n) is 1.83. The Morgan fingerprint density at radius 2 is 1.60 bits per heavy atom. The van der Waals surface area contributed by atoms with Crippen molar-refractivity contribution in [2.45, 2.75) is 71.3 Å². The SMILES string of the molecule is C=CC(O)C(C)CCCCCCCCC. The standard InChI is InChI=1S/C14H28O/c1-4-6-7-8-9-10-11-12-13(3)14(15)5-2/h5,13-15H,2,4,6-12H2,1,3H3. The molecule has 2 atom stereocenters. The van der Waals surface area contributed by atoms with Crippen molar-refractivity contribution < 1.29 is 5.11 Å². The van der Waals surface area contributed by atoms with Crippen molar-refractivity contribution in [1.29, 1.82) is 0 Å². The van der Waals surface area contributed by atoms with Crippen LogP contribution >= 0.6 is 0 Å². The number of hydrogen-bond donors (Lipinski definition) is 1. The molecule has 0 heterocycles. The first-order valence-electron chi connectivity index (χ1n) is 6.53. The summed E-state index contributed by atoms with van der Waals surface area (Å²) in [5.41, 5.74) is 0. The third kappa shape index (κ3) is 8.68. The molecule has 0 fully saturated rings. The normalized spacial score (nSPS) is 14.9. The van der Waals surface area contributed by atoms with Crippen LogP contribution in [0.2, 0.25) is 0 Å². The Morgan fingerprint density at radius 1 is 1.07 bits per heavy atom. The summed E-state index contributed by atoms with van der Waals surface area (Å²) in [5.74, 6) is 0.373. The molecule has 15 heavy (non-hydrogen) atoms. The van der Waals surface area contributed by atoms with Crippen LogP contribution in [-0.4, -0.2) is 11.2 Å². The Morgan fingerprint density at radius 3 is 2.13 bits per heavy atom. The predicted molar refractivity (Wildman–Crippen MR) is 68.0 cm³/mol. The van der Waals surface area contributed by atoms with E-state index in [0.717, 1.165) is 6.42 Å². The van der Waals surface area contributed by atoms with Gasteiger partial charge >= 0.3 is 0 Å². The molecule has 0 aromatic rings. The molecule has 0 aromatic heterocycles. The quantitative estimate of drug-likeness (QED) is 0.422. The van der Waals surface area contributed by atoms with Gasteiger partial charge in [0.15, 0.2) is 0 Å². The molecule has 0 spiro atoms. The Balaban J connectivity index is 3.19. The molecule has 0 aromatic carbocycles. The zero-order valence-corrected chi connectivity index (χ0v) is 10.5. The zero-order chi connectivity index (χ0) is 11.5. The van der Waals surface area contributed by atoms with E-state index in [9.17, 15) is 5.11 Å². The molecule has 0 aliphatic carbocycles. The lowest BCUT2D eigenvalue weighted by Crippen LogP contribution is -2.13. The average molecular weight is 212 g/mol. The highest BCUT2D eigenvalue weighted by Crippen LogP contribution is 2.15. The van der Waals surface area contributed by atoms with Crippen LogP contribution in [0.15, 0.2) is 12.7 Å².